The van der Waals surface area contributed by atoms with Gasteiger partial charge in [-0.1, -0.05) is 18.9 Å². The number of ether oxygens (including phenoxy) is 2. The summed E-state index contributed by atoms with van der Waals surface area (Å²) in [6, 6.07) is 7.49. The van der Waals surface area contributed by atoms with E-state index in [1.54, 1.807) is 26.3 Å². The van der Waals surface area contributed by atoms with Crippen LogP contribution >= 0.6 is 0 Å². The third-order valence-electron chi connectivity index (χ3n) is 5.35. The number of rotatable bonds is 6. The maximum Gasteiger partial charge on any atom is 0.243 e. The maximum absolute atomic E-state index is 12.6. The van der Waals surface area contributed by atoms with Crippen molar-refractivity contribution in [2.75, 3.05) is 45.7 Å². The maximum atomic E-state index is 12.6. The van der Waals surface area contributed by atoms with Crippen LogP contribution in [-0.4, -0.2) is 74.2 Å². The minimum Gasteiger partial charge on any atom is -0.497 e. The van der Waals surface area contributed by atoms with Crippen LogP contribution in [0.2, 0.25) is 0 Å². The summed E-state index contributed by atoms with van der Waals surface area (Å²) in [7, 11) is 3.25. The lowest BCUT2D eigenvalue weighted by molar-refractivity contribution is -0.139. The smallest absolute Gasteiger partial charge is 0.243 e. The van der Waals surface area contributed by atoms with Crippen LogP contribution < -0.4 is 10.1 Å². The number of fused-ring (bicyclic) bond motifs is 1. The Balaban J connectivity index is 1.50. The van der Waals surface area contributed by atoms with Crippen LogP contribution in [0.4, 0.5) is 5.69 Å². The number of morpholine rings is 1. The molecule has 1 saturated carbocycles. The molecule has 1 aliphatic carbocycles. The van der Waals surface area contributed by atoms with E-state index in [9.17, 15) is 9.59 Å². The highest BCUT2D eigenvalue weighted by atomic mass is 16.5. The molecule has 1 N–H and O–H groups in total. The van der Waals surface area contributed by atoms with E-state index in [1.807, 2.05) is 12.1 Å². The van der Waals surface area contributed by atoms with Gasteiger partial charge in [-0.25, -0.2) is 0 Å². The van der Waals surface area contributed by atoms with E-state index in [0.717, 1.165) is 19.4 Å². The van der Waals surface area contributed by atoms with Gasteiger partial charge in [-0.05, 0) is 25.0 Å². The first-order chi connectivity index (χ1) is 13.1. The fourth-order valence-corrected chi connectivity index (χ4v) is 3.87. The molecule has 1 saturated heterocycles. The number of nitrogens with one attached hydrogen (secondary N) is 1. The molecule has 2 atom stereocenters. The number of benzene rings is 1. The molecule has 2 amide bonds. The molecule has 0 aromatic heterocycles. The predicted molar refractivity (Wildman–Crippen MR) is 103 cm³/mol. The van der Waals surface area contributed by atoms with Crippen molar-refractivity contribution in [3.63, 3.8) is 0 Å². The summed E-state index contributed by atoms with van der Waals surface area (Å²) in [5.74, 6) is 0.408. The summed E-state index contributed by atoms with van der Waals surface area (Å²) in [6.07, 6.45) is 4.80. The standard InChI is InChI=1S/C20H29N3O4/c1-22(13-19(24)21-15-6-5-7-16(12-15)26-2)20(25)14-23-10-11-27-18-9-4-3-8-17(18)23/h5-7,12,17-18H,3-4,8-11,13-14H2,1-2H3,(H,21,24). The fraction of sp³-hybridized carbons (Fsp3) is 0.600. The molecule has 0 bridgehead atoms. The van der Waals surface area contributed by atoms with Crippen molar-refractivity contribution in [2.45, 2.75) is 37.8 Å². The molecule has 7 nitrogen and oxygen atoms in total. The Hall–Kier alpha value is -2.12. The first-order valence-corrected chi connectivity index (χ1v) is 9.60. The first-order valence-electron chi connectivity index (χ1n) is 9.60. The zero-order valence-corrected chi connectivity index (χ0v) is 16.1. The molecule has 2 unspecified atom stereocenters. The normalized spacial score (nSPS) is 22.6. The van der Waals surface area contributed by atoms with Crippen molar-refractivity contribution in [3.8, 4) is 5.75 Å². The van der Waals surface area contributed by atoms with Crippen molar-refractivity contribution in [1.29, 1.82) is 0 Å². The minimum atomic E-state index is -0.225. The molecule has 1 aromatic rings. The van der Waals surface area contributed by atoms with E-state index < -0.39 is 0 Å². The van der Waals surface area contributed by atoms with Gasteiger partial charge in [0, 0.05) is 31.4 Å². The van der Waals surface area contributed by atoms with Crippen molar-refractivity contribution >= 4 is 17.5 Å². The van der Waals surface area contributed by atoms with Crippen LogP contribution in [0.3, 0.4) is 0 Å². The summed E-state index contributed by atoms with van der Waals surface area (Å²) in [5, 5.41) is 2.80. The second kappa shape index (κ2) is 9.19. The average Bonchev–Trinajstić information content (AvgIpc) is 2.68. The van der Waals surface area contributed by atoms with Crippen LogP contribution in [0.5, 0.6) is 5.75 Å². The van der Waals surface area contributed by atoms with Crippen LogP contribution in [0.15, 0.2) is 24.3 Å². The highest BCUT2D eigenvalue weighted by molar-refractivity contribution is 5.94. The molecule has 3 rings (SSSR count). The third-order valence-corrected chi connectivity index (χ3v) is 5.35. The van der Waals surface area contributed by atoms with Crippen molar-refractivity contribution in [3.05, 3.63) is 24.3 Å². The first kappa shape index (κ1) is 19.6. The zero-order chi connectivity index (χ0) is 19.2. The summed E-state index contributed by atoms with van der Waals surface area (Å²) in [6.45, 7) is 1.81. The number of carbonyl (C=O) groups excluding carboxylic acids is 2. The number of hydrogen-bond acceptors (Lipinski definition) is 5. The van der Waals surface area contributed by atoms with Gasteiger partial charge in [0.1, 0.15) is 5.75 Å². The van der Waals surface area contributed by atoms with Gasteiger partial charge in [-0.2, -0.15) is 0 Å². The molecule has 2 aliphatic rings. The van der Waals surface area contributed by atoms with Crippen LogP contribution in [-0.2, 0) is 14.3 Å². The van der Waals surface area contributed by atoms with E-state index in [4.69, 9.17) is 9.47 Å². The van der Waals surface area contributed by atoms with Crippen molar-refractivity contribution < 1.29 is 19.1 Å². The summed E-state index contributed by atoms with van der Waals surface area (Å²) in [4.78, 5) is 28.6. The SMILES string of the molecule is COc1cccc(NC(=O)CN(C)C(=O)CN2CCOC3CCCCC32)c1. The van der Waals surface area contributed by atoms with Gasteiger partial charge < -0.3 is 19.7 Å². The van der Waals surface area contributed by atoms with E-state index in [-0.39, 0.29) is 24.5 Å². The van der Waals surface area contributed by atoms with E-state index in [0.29, 0.717) is 30.6 Å². The van der Waals surface area contributed by atoms with E-state index in [1.165, 1.54) is 17.7 Å². The molecule has 0 radical (unpaired) electrons. The lowest BCUT2D eigenvalue weighted by Gasteiger charge is -2.43. The van der Waals surface area contributed by atoms with E-state index >= 15 is 0 Å². The number of anilines is 1. The van der Waals surface area contributed by atoms with Crippen LogP contribution in [0, 0.1) is 0 Å². The number of carbonyl (C=O) groups is 2. The van der Waals surface area contributed by atoms with Gasteiger partial charge in [0.05, 0.1) is 32.9 Å². The lowest BCUT2D eigenvalue weighted by Crippen LogP contribution is -2.55. The van der Waals surface area contributed by atoms with Gasteiger partial charge in [-0.15, -0.1) is 0 Å². The molecular weight excluding hydrogens is 346 g/mol. The Morgan fingerprint density at radius 3 is 2.96 bits per heavy atom. The molecule has 1 aliphatic heterocycles. The Labute approximate surface area is 160 Å². The van der Waals surface area contributed by atoms with Crippen molar-refractivity contribution in [1.82, 2.24) is 9.80 Å². The number of amides is 2. The lowest BCUT2D eigenvalue weighted by atomic mass is 9.90. The minimum absolute atomic E-state index is 0.0223. The number of hydrogen-bond donors (Lipinski definition) is 1. The molecule has 148 valence electrons. The molecule has 2 fully saturated rings. The molecule has 0 spiro atoms. The quantitative estimate of drug-likeness (QED) is 0.820. The topological polar surface area (TPSA) is 71.1 Å². The van der Waals surface area contributed by atoms with E-state index in [2.05, 4.69) is 10.2 Å². The number of likely N-dealkylation sites (N-methyl/N-ethyl adjacent to an activating group) is 1. The molecule has 27 heavy (non-hydrogen) atoms. The highest BCUT2D eigenvalue weighted by Gasteiger charge is 2.35. The summed E-state index contributed by atoms with van der Waals surface area (Å²) < 4.78 is 11.0. The molecule has 1 aromatic carbocycles. The summed E-state index contributed by atoms with van der Waals surface area (Å²) in [5.41, 5.74) is 0.651. The Morgan fingerprint density at radius 1 is 1.33 bits per heavy atom. The molecule has 1 heterocycles. The Kier molecular flexibility index (Phi) is 6.68. The number of methoxy groups -OCH3 is 1. The van der Waals surface area contributed by atoms with Crippen LogP contribution in [0.25, 0.3) is 0 Å². The van der Waals surface area contributed by atoms with Gasteiger partial charge in [0.2, 0.25) is 11.8 Å². The largest absolute Gasteiger partial charge is 0.497 e. The number of nitrogens with zero attached hydrogens (tertiary/aromatic N) is 2. The van der Waals surface area contributed by atoms with Gasteiger partial charge in [0.25, 0.3) is 0 Å². The Bertz CT molecular complexity index is 664. The fourth-order valence-electron chi connectivity index (χ4n) is 3.87. The second-order valence-electron chi connectivity index (χ2n) is 7.26. The van der Waals surface area contributed by atoms with Crippen molar-refractivity contribution in [2.24, 2.45) is 0 Å². The van der Waals surface area contributed by atoms with Crippen LogP contribution in [0.1, 0.15) is 25.7 Å². The highest BCUT2D eigenvalue weighted by Crippen LogP contribution is 2.28. The van der Waals surface area contributed by atoms with Gasteiger partial charge >= 0.3 is 0 Å². The average molecular weight is 375 g/mol. The predicted octanol–water partition coefficient (Wildman–Crippen LogP) is 1.74. The second-order valence-corrected chi connectivity index (χ2v) is 7.26. The van der Waals surface area contributed by atoms with Gasteiger partial charge in [-0.3, -0.25) is 14.5 Å². The molecule has 7 heteroatoms. The monoisotopic (exact) mass is 375 g/mol. The Morgan fingerprint density at radius 2 is 2.15 bits per heavy atom. The summed E-state index contributed by atoms with van der Waals surface area (Å²) >= 11 is 0. The molecular formula is C20H29N3O4. The third kappa shape index (κ3) is 5.20. The van der Waals surface area contributed by atoms with Gasteiger partial charge in [0.15, 0.2) is 0 Å². The zero-order valence-electron chi connectivity index (χ0n) is 16.1.